The fourth-order valence-electron chi connectivity index (χ4n) is 10.0. The largest absolute Gasteiger partial charge is 0.466 e. The van der Waals surface area contributed by atoms with Gasteiger partial charge < -0.3 is 20.3 Å². The molecule has 0 radical (unpaired) electrons. The van der Waals surface area contributed by atoms with Gasteiger partial charge in [-0.1, -0.05) is 308 Å². The summed E-state index contributed by atoms with van der Waals surface area (Å²) in [7, 11) is 0. The average Bonchev–Trinajstić information content (AvgIpc) is 3.37. The maximum Gasteiger partial charge on any atom is 0.305 e. The Kier molecular flexibility index (Phi) is 59.5. The van der Waals surface area contributed by atoms with Crippen LogP contribution in [-0.4, -0.2) is 47.4 Å². The zero-order valence-electron chi connectivity index (χ0n) is 48.0. The summed E-state index contributed by atoms with van der Waals surface area (Å²) in [5.74, 6) is -0.0775. The fraction of sp³-hybridized carbons (Fsp3) is 0.908. The number of hydrogen-bond acceptors (Lipinski definition) is 5. The predicted molar refractivity (Wildman–Crippen MR) is 310 cm³/mol. The highest BCUT2D eigenvalue weighted by atomic mass is 16.5. The predicted octanol–water partition coefficient (Wildman–Crippen LogP) is 20.2. The first kappa shape index (κ1) is 69.3. The van der Waals surface area contributed by atoms with Gasteiger partial charge in [0.05, 0.1) is 25.4 Å². The first-order chi connectivity index (χ1) is 35.0. The summed E-state index contributed by atoms with van der Waals surface area (Å²) < 4.78 is 5.47. The number of carbonyl (C=O) groups is 2. The SMILES string of the molecule is CCCCCC/C=C\CCCCCCCC(=O)OCCCCCCCCCCCCCCCCCCC(=O)NC(CO)C(O)/C=C/CCCCCCCCCCCCCCCCCCCCCCCCC. The average molecular weight is 1000 g/mol. The summed E-state index contributed by atoms with van der Waals surface area (Å²) >= 11 is 0. The molecule has 0 aromatic heterocycles. The van der Waals surface area contributed by atoms with E-state index in [0.29, 0.717) is 19.4 Å². The van der Waals surface area contributed by atoms with Crippen LogP contribution in [0.25, 0.3) is 0 Å². The van der Waals surface area contributed by atoms with Crippen LogP contribution in [0.3, 0.4) is 0 Å². The van der Waals surface area contributed by atoms with Crippen LogP contribution >= 0.6 is 0 Å². The van der Waals surface area contributed by atoms with Crippen LogP contribution < -0.4 is 5.32 Å². The molecule has 2 unspecified atom stereocenters. The summed E-state index contributed by atoms with van der Waals surface area (Å²) in [6.07, 6.45) is 75.1. The highest BCUT2D eigenvalue weighted by Crippen LogP contribution is 2.18. The number of rotatable bonds is 60. The van der Waals surface area contributed by atoms with Crippen LogP contribution in [0, 0.1) is 0 Å². The van der Waals surface area contributed by atoms with Gasteiger partial charge in [0.25, 0.3) is 0 Å². The number of hydrogen-bond donors (Lipinski definition) is 3. The Hall–Kier alpha value is -1.66. The lowest BCUT2D eigenvalue weighted by Gasteiger charge is -2.20. The van der Waals surface area contributed by atoms with Gasteiger partial charge in [-0.15, -0.1) is 0 Å². The number of esters is 1. The molecular formula is C65H125NO5. The van der Waals surface area contributed by atoms with E-state index < -0.39 is 12.1 Å². The molecule has 0 saturated heterocycles. The highest BCUT2D eigenvalue weighted by Gasteiger charge is 2.18. The maximum absolute atomic E-state index is 12.5. The molecule has 0 saturated carbocycles. The first-order valence-electron chi connectivity index (χ1n) is 32.1. The van der Waals surface area contributed by atoms with Gasteiger partial charge >= 0.3 is 5.97 Å². The lowest BCUT2D eigenvalue weighted by molar-refractivity contribution is -0.143. The number of aliphatic hydroxyl groups excluding tert-OH is 2. The van der Waals surface area contributed by atoms with E-state index in [1.54, 1.807) is 6.08 Å². The maximum atomic E-state index is 12.5. The Morgan fingerprint density at radius 2 is 0.662 bits per heavy atom. The molecule has 3 N–H and O–H groups in total. The van der Waals surface area contributed by atoms with Crippen molar-refractivity contribution in [2.45, 2.75) is 366 Å². The standard InChI is InChI=1S/C65H125NO5/c1-3-5-7-9-11-13-15-17-18-19-20-21-22-23-24-25-26-27-30-34-37-41-45-49-53-57-63(68)62(61-67)66-64(69)58-54-50-46-42-38-35-31-28-29-32-36-40-44-48-52-56-60-71-65(70)59-55-51-47-43-39-33-16-14-12-10-8-6-4-2/h14,16,53,57,62-63,67-68H,3-13,15,17-52,54-56,58-61H2,1-2H3,(H,66,69)/b16-14-,57-53+. The molecule has 0 aliphatic rings. The van der Waals surface area contributed by atoms with Gasteiger partial charge in [0.15, 0.2) is 0 Å². The molecule has 0 spiro atoms. The Morgan fingerprint density at radius 1 is 0.380 bits per heavy atom. The van der Waals surface area contributed by atoms with Crippen LogP contribution in [0.5, 0.6) is 0 Å². The molecule has 0 fully saturated rings. The Balaban J connectivity index is 3.45. The van der Waals surface area contributed by atoms with E-state index in [0.717, 1.165) is 44.9 Å². The van der Waals surface area contributed by atoms with Crippen molar-refractivity contribution in [3.63, 3.8) is 0 Å². The summed E-state index contributed by atoms with van der Waals surface area (Å²) in [5, 5.41) is 23.2. The Bertz CT molecular complexity index is 1110. The summed E-state index contributed by atoms with van der Waals surface area (Å²) in [4.78, 5) is 24.5. The van der Waals surface area contributed by atoms with E-state index >= 15 is 0 Å². The summed E-state index contributed by atoms with van der Waals surface area (Å²) in [5.41, 5.74) is 0. The Morgan fingerprint density at radius 3 is 1.01 bits per heavy atom. The number of carbonyl (C=O) groups excluding carboxylic acids is 2. The van der Waals surface area contributed by atoms with Gasteiger partial charge in [-0.2, -0.15) is 0 Å². The smallest absolute Gasteiger partial charge is 0.305 e. The van der Waals surface area contributed by atoms with Crippen molar-refractivity contribution < 1.29 is 24.5 Å². The van der Waals surface area contributed by atoms with E-state index in [9.17, 15) is 19.8 Å². The van der Waals surface area contributed by atoms with Crippen LogP contribution in [0.1, 0.15) is 354 Å². The second-order valence-electron chi connectivity index (χ2n) is 22.1. The van der Waals surface area contributed by atoms with Gasteiger partial charge in [-0.25, -0.2) is 0 Å². The molecule has 0 aliphatic heterocycles. The number of ether oxygens (including phenoxy) is 1. The van der Waals surface area contributed by atoms with Crippen molar-refractivity contribution in [2.75, 3.05) is 13.2 Å². The number of amides is 1. The molecule has 2 atom stereocenters. The zero-order chi connectivity index (χ0) is 51.4. The molecule has 0 aromatic rings. The highest BCUT2D eigenvalue weighted by molar-refractivity contribution is 5.76. The molecule has 6 heteroatoms. The molecule has 1 amide bonds. The molecule has 0 aliphatic carbocycles. The number of aliphatic hydroxyl groups is 2. The van der Waals surface area contributed by atoms with Gasteiger partial charge in [-0.3, -0.25) is 9.59 Å². The quantitative estimate of drug-likeness (QED) is 0.0320. The van der Waals surface area contributed by atoms with Gasteiger partial charge in [0.1, 0.15) is 0 Å². The van der Waals surface area contributed by atoms with Crippen molar-refractivity contribution in [3.8, 4) is 0 Å². The normalized spacial score (nSPS) is 12.7. The van der Waals surface area contributed by atoms with Crippen LogP contribution in [0.2, 0.25) is 0 Å². The second kappa shape index (κ2) is 60.9. The third kappa shape index (κ3) is 57.5. The summed E-state index contributed by atoms with van der Waals surface area (Å²) in [6.45, 7) is 4.90. The molecule has 6 nitrogen and oxygen atoms in total. The fourth-order valence-corrected chi connectivity index (χ4v) is 10.0. The topological polar surface area (TPSA) is 95.9 Å². The van der Waals surface area contributed by atoms with Crippen LogP contribution in [0.15, 0.2) is 24.3 Å². The molecule has 0 heterocycles. The zero-order valence-corrected chi connectivity index (χ0v) is 48.0. The minimum absolute atomic E-state index is 0.00632. The molecule has 0 aromatic carbocycles. The first-order valence-corrected chi connectivity index (χ1v) is 32.1. The van der Waals surface area contributed by atoms with Crippen LogP contribution in [0.4, 0.5) is 0 Å². The van der Waals surface area contributed by atoms with Gasteiger partial charge in [0.2, 0.25) is 5.91 Å². The minimum Gasteiger partial charge on any atom is -0.466 e. The van der Waals surface area contributed by atoms with Gasteiger partial charge in [0, 0.05) is 12.8 Å². The van der Waals surface area contributed by atoms with E-state index in [2.05, 4.69) is 31.3 Å². The summed E-state index contributed by atoms with van der Waals surface area (Å²) in [6, 6.07) is -0.634. The van der Waals surface area contributed by atoms with Crippen molar-refractivity contribution in [2.24, 2.45) is 0 Å². The lowest BCUT2D eigenvalue weighted by atomic mass is 10.0. The van der Waals surface area contributed by atoms with Crippen molar-refractivity contribution >= 4 is 11.9 Å². The molecule has 71 heavy (non-hydrogen) atoms. The number of allylic oxidation sites excluding steroid dienone is 3. The van der Waals surface area contributed by atoms with E-state index in [1.807, 2.05) is 6.08 Å². The molecule has 0 rings (SSSR count). The molecular weight excluding hydrogens is 875 g/mol. The number of unbranched alkanes of at least 4 members (excludes halogenated alkanes) is 47. The van der Waals surface area contributed by atoms with Crippen molar-refractivity contribution in [1.29, 1.82) is 0 Å². The molecule has 0 bridgehead atoms. The van der Waals surface area contributed by atoms with Crippen molar-refractivity contribution in [1.82, 2.24) is 5.32 Å². The minimum atomic E-state index is -0.851. The van der Waals surface area contributed by atoms with E-state index in [4.69, 9.17) is 4.74 Å². The Labute approximate surface area is 443 Å². The van der Waals surface area contributed by atoms with Crippen molar-refractivity contribution in [3.05, 3.63) is 24.3 Å². The van der Waals surface area contributed by atoms with E-state index in [1.165, 1.54) is 283 Å². The monoisotopic (exact) mass is 1000 g/mol. The lowest BCUT2D eigenvalue weighted by Crippen LogP contribution is -2.45. The second-order valence-corrected chi connectivity index (χ2v) is 22.1. The third-order valence-corrected chi connectivity index (χ3v) is 15.0. The molecule has 420 valence electrons. The van der Waals surface area contributed by atoms with Gasteiger partial charge in [-0.05, 0) is 57.8 Å². The van der Waals surface area contributed by atoms with Crippen LogP contribution in [-0.2, 0) is 14.3 Å². The third-order valence-electron chi connectivity index (χ3n) is 15.0. The van der Waals surface area contributed by atoms with E-state index in [-0.39, 0.29) is 18.5 Å². The number of nitrogens with one attached hydrogen (secondary N) is 1.